The predicted octanol–water partition coefficient (Wildman–Crippen LogP) is 2.30. The quantitative estimate of drug-likeness (QED) is 0.678. The Morgan fingerprint density at radius 2 is 1.96 bits per heavy atom. The minimum absolute atomic E-state index is 0.0825. The predicted molar refractivity (Wildman–Crippen MR) is 94.4 cm³/mol. The molecule has 0 saturated heterocycles. The molecule has 1 aromatic rings. The van der Waals surface area contributed by atoms with Crippen LogP contribution in [0.25, 0.3) is 0 Å². The fraction of sp³-hybridized carbons (Fsp3) is 0.647. The molecular formula is C17H27N5O3. The van der Waals surface area contributed by atoms with Gasteiger partial charge in [-0.25, -0.2) is 14.8 Å². The Labute approximate surface area is 147 Å². The highest BCUT2D eigenvalue weighted by atomic mass is 16.6. The van der Waals surface area contributed by atoms with Crippen LogP contribution in [0.4, 0.5) is 10.6 Å². The summed E-state index contributed by atoms with van der Waals surface area (Å²) in [7, 11) is 0. The molecule has 138 valence electrons. The van der Waals surface area contributed by atoms with Crippen molar-refractivity contribution in [2.24, 2.45) is 5.73 Å². The van der Waals surface area contributed by atoms with Crippen molar-refractivity contribution in [2.75, 3.05) is 5.32 Å². The normalized spacial score (nSPS) is 15.4. The number of nitrogens with two attached hydrogens (primary N) is 1. The van der Waals surface area contributed by atoms with E-state index in [0.717, 1.165) is 24.2 Å². The Hall–Kier alpha value is -2.38. The number of aryl methyl sites for hydroxylation is 1. The van der Waals surface area contributed by atoms with Crippen molar-refractivity contribution >= 4 is 17.8 Å². The van der Waals surface area contributed by atoms with E-state index in [1.807, 2.05) is 6.92 Å². The third-order valence-electron chi connectivity index (χ3n) is 3.62. The first-order chi connectivity index (χ1) is 11.6. The average Bonchev–Trinajstić information content (AvgIpc) is 3.28. The summed E-state index contributed by atoms with van der Waals surface area (Å²) in [5, 5.41) is 5.65. The van der Waals surface area contributed by atoms with E-state index in [1.54, 1.807) is 27.7 Å². The zero-order valence-corrected chi connectivity index (χ0v) is 15.5. The number of carbonyl (C=O) groups is 2. The van der Waals surface area contributed by atoms with Crippen molar-refractivity contribution in [2.45, 2.75) is 71.6 Å². The van der Waals surface area contributed by atoms with Crippen LogP contribution in [0.5, 0.6) is 0 Å². The van der Waals surface area contributed by atoms with E-state index in [9.17, 15) is 9.59 Å². The lowest BCUT2D eigenvalue weighted by atomic mass is 10.1. The Bertz CT molecular complexity index is 665. The summed E-state index contributed by atoms with van der Waals surface area (Å²) in [6, 6.07) is 0. The first-order valence-corrected chi connectivity index (χ1v) is 8.57. The summed E-state index contributed by atoms with van der Waals surface area (Å²) in [6.45, 7) is 9.05. The van der Waals surface area contributed by atoms with E-state index in [0.29, 0.717) is 12.3 Å². The Balaban J connectivity index is 2.18. The zero-order valence-electron chi connectivity index (χ0n) is 15.5. The SMILES string of the molecule is CCc1nc(C(N)=O)c(NC(C)NC(=O)OC(C)(C)C)nc1C1CC1. The van der Waals surface area contributed by atoms with E-state index in [-0.39, 0.29) is 11.5 Å². The van der Waals surface area contributed by atoms with E-state index in [2.05, 4.69) is 20.6 Å². The van der Waals surface area contributed by atoms with Crippen molar-refractivity contribution in [3.05, 3.63) is 17.1 Å². The van der Waals surface area contributed by atoms with Crippen molar-refractivity contribution in [3.8, 4) is 0 Å². The van der Waals surface area contributed by atoms with Gasteiger partial charge in [0.05, 0.1) is 11.4 Å². The van der Waals surface area contributed by atoms with Crippen LogP contribution >= 0.6 is 0 Å². The Morgan fingerprint density at radius 3 is 2.44 bits per heavy atom. The number of alkyl carbamates (subject to hydrolysis) is 1. The number of carbonyl (C=O) groups excluding carboxylic acids is 2. The smallest absolute Gasteiger partial charge is 0.409 e. The topological polar surface area (TPSA) is 119 Å². The van der Waals surface area contributed by atoms with Crippen molar-refractivity contribution in [1.82, 2.24) is 15.3 Å². The summed E-state index contributed by atoms with van der Waals surface area (Å²) in [5.41, 5.74) is 6.64. The first-order valence-electron chi connectivity index (χ1n) is 8.57. The number of rotatable bonds is 6. The van der Waals surface area contributed by atoms with Gasteiger partial charge >= 0.3 is 6.09 Å². The number of nitrogens with zero attached hydrogens (tertiary/aromatic N) is 2. The largest absolute Gasteiger partial charge is 0.444 e. The molecule has 1 heterocycles. The van der Waals surface area contributed by atoms with Gasteiger partial charge in [-0.2, -0.15) is 0 Å². The lowest BCUT2D eigenvalue weighted by Crippen LogP contribution is -2.42. The van der Waals surface area contributed by atoms with Gasteiger partial charge in [0.1, 0.15) is 11.8 Å². The van der Waals surface area contributed by atoms with Crippen LogP contribution in [0.15, 0.2) is 0 Å². The Kier molecular flexibility index (Phi) is 5.49. The molecule has 4 N–H and O–H groups in total. The fourth-order valence-corrected chi connectivity index (χ4v) is 2.42. The number of primary amides is 1. The molecule has 0 bridgehead atoms. The van der Waals surface area contributed by atoms with Crippen LogP contribution in [0.2, 0.25) is 0 Å². The highest BCUT2D eigenvalue weighted by Crippen LogP contribution is 2.41. The van der Waals surface area contributed by atoms with E-state index in [4.69, 9.17) is 10.5 Å². The number of hydrogen-bond acceptors (Lipinski definition) is 6. The number of hydrogen-bond donors (Lipinski definition) is 3. The Morgan fingerprint density at radius 1 is 1.32 bits per heavy atom. The average molecular weight is 349 g/mol. The van der Waals surface area contributed by atoms with Crippen molar-refractivity contribution < 1.29 is 14.3 Å². The second-order valence-corrected chi connectivity index (χ2v) is 7.26. The molecule has 1 aromatic heterocycles. The van der Waals surface area contributed by atoms with Gasteiger partial charge in [0.2, 0.25) is 0 Å². The van der Waals surface area contributed by atoms with Crippen LogP contribution in [-0.2, 0) is 11.2 Å². The van der Waals surface area contributed by atoms with Gasteiger partial charge in [0.15, 0.2) is 11.5 Å². The number of nitrogens with one attached hydrogen (secondary N) is 2. The summed E-state index contributed by atoms with van der Waals surface area (Å²) >= 11 is 0. The summed E-state index contributed by atoms with van der Waals surface area (Å²) in [4.78, 5) is 32.6. The van der Waals surface area contributed by atoms with Gasteiger partial charge in [-0.05, 0) is 47.0 Å². The van der Waals surface area contributed by atoms with Gasteiger partial charge < -0.3 is 21.1 Å². The third kappa shape index (κ3) is 5.30. The number of amides is 2. The molecule has 8 heteroatoms. The molecule has 1 saturated carbocycles. The van der Waals surface area contributed by atoms with Gasteiger partial charge in [-0.1, -0.05) is 6.92 Å². The van der Waals surface area contributed by atoms with Crippen molar-refractivity contribution in [3.63, 3.8) is 0 Å². The van der Waals surface area contributed by atoms with Crippen LogP contribution < -0.4 is 16.4 Å². The molecule has 2 amide bonds. The van der Waals surface area contributed by atoms with Gasteiger partial charge in [0.25, 0.3) is 5.91 Å². The highest BCUT2D eigenvalue weighted by molar-refractivity contribution is 5.95. The second kappa shape index (κ2) is 7.25. The maximum Gasteiger partial charge on any atom is 0.409 e. The molecule has 0 spiro atoms. The lowest BCUT2D eigenvalue weighted by molar-refractivity contribution is 0.0514. The minimum atomic E-state index is -0.656. The molecule has 1 aliphatic carbocycles. The van der Waals surface area contributed by atoms with Crippen LogP contribution in [0, 0.1) is 0 Å². The fourth-order valence-electron chi connectivity index (χ4n) is 2.42. The molecule has 1 atom stereocenters. The van der Waals surface area contributed by atoms with Gasteiger partial charge in [0, 0.05) is 5.92 Å². The second-order valence-electron chi connectivity index (χ2n) is 7.26. The van der Waals surface area contributed by atoms with E-state index < -0.39 is 23.8 Å². The van der Waals surface area contributed by atoms with E-state index >= 15 is 0 Å². The summed E-state index contributed by atoms with van der Waals surface area (Å²) in [5.74, 6) is 0.0192. The lowest BCUT2D eigenvalue weighted by Gasteiger charge is -2.23. The zero-order chi connectivity index (χ0) is 18.8. The van der Waals surface area contributed by atoms with Crippen LogP contribution in [0.1, 0.15) is 75.3 Å². The van der Waals surface area contributed by atoms with Gasteiger partial charge in [-0.15, -0.1) is 0 Å². The number of ether oxygens (including phenoxy) is 1. The molecule has 1 unspecified atom stereocenters. The van der Waals surface area contributed by atoms with Crippen LogP contribution in [-0.4, -0.2) is 33.7 Å². The van der Waals surface area contributed by atoms with Crippen molar-refractivity contribution in [1.29, 1.82) is 0 Å². The maximum atomic E-state index is 11.9. The first kappa shape index (κ1) is 19.0. The summed E-state index contributed by atoms with van der Waals surface area (Å²) in [6.07, 6.45) is 1.76. The number of anilines is 1. The van der Waals surface area contributed by atoms with Gasteiger partial charge in [-0.3, -0.25) is 4.79 Å². The molecular weight excluding hydrogens is 322 g/mol. The number of aromatic nitrogens is 2. The maximum absolute atomic E-state index is 11.9. The molecule has 0 radical (unpaired) electrons. The third-order valence-corrected chi connectivity index (χ3v) is 3.62. The molecule has 8 nitrogen and oxygen atoms in total. The minimum Gasteiger partial charge on any atom is -0.444 e. The molecule has 1 aliphatic rings. The molecule has 2 rings (SSSR count). The molecule has 1 fully saturated rings. The molecule has 0 aliphatic heterocycles. The molecule has 25 heavy (non-hydrogen) atoms. The standard InChI is InChI=1S/C17H27N5O3/c1-6-11-12(10-7-8-10)22-15(13(21-11)14(18)23)19-9(2)20-16(24)25-17(3,4)5/h9-10H,6-8H2,1-5H3,(H2,18,23)(H,19,22)(H,20,24). The summed E-state index contributed by atoms with van der Waals surface area (Å²) < 4.78 is 5.21. The highest BCUT2D eigenvalue weighted by Gasteiger charge is 2.30. The molecule has 0 aromatic carbocycles. The monoisotopic (exact) mass is 349 g/mol. The van der Waals surface area contributed by atoms with Crippen LogP contribution in [0.3, 0.4) is 0 Å². The van der Waals surface area contributed by atoms with E-state index in [1.165, 1.54) is 0 Å².